The first-order chi connectivity index (χ1) is 29.8. The molecule has 3 saturated carbocycles. The van der Waals surface area contributed by atoms with E-state index in [0.29, 0.717) is 11.5 Å². The molecule has 3 N–H and O–H groups in total. The van der Waals surface area contributed by atoms with Crippen molar-refractivity contribution in [3.63, 3.8) is 0 Å². The molecular weight excluding hydrogens is 831 g/mol. The summed E-state index contributed by atoms with van der Waals surface area (Å²) in [6.45, 7) is 12.9. The number of methoxy groups -OCH3 is 1. The minimum atomic E-state index is -1.51. The zero-order chi connectivity index (χ0) is 45.4. The normalized spacial score (nSPS) is 23.5. The van der Waals surface area contributed by atoms with Gasteiger partial charge in [0.2, 0.25) is 17.7 Å². The van der Waals surface area contributed by atoms with E-state index in [1.165, 1.54) is 12.5 Å². The fourth-order valence-corrected chi connectivity index (χ4v) is 9.99. The van der Waals surface area contributed by atoms with Crippen LogP contribution in [-0.2, 0) is 46.2 Å². The number of nitrogens with zero attached hydrogens (tertiary/aromatic N) is 3. The first-order valence-electron chi connectivity index (χ1n) is 21.2. The lowest BCUT2D eigenvalue weighted by molar-refractivity contribution is -0.199. The smallest absolute Gasteiger partial charge is 0.482 e. The van der Waals surface area contributed by atoms with E-state index in [0.717, 1.165) is 39.5 Å². The van der Waals surface area contributed by atoms with Gasteiger partial charge in [-0.25, -0.2) is 19.4 Å². The summed E-state index contributed by atoms with van der Waals surface area (Å²) in [5, 5.41) is 9.91. The Kier molecular flexibility index (Phi) is 12.9. The molecule has 19 heteroatoms. The number of anilines is 1. The summed E-state index contributed by atoms with van der Waals surface area (Å²) in [5.74, 6) is -2.48. The highest BCUT2D eigenvalue weighted by Crippen LogP contribution is 2.65. The Hall–Kier alpha value is -5.53. The van der Waals surface area contributed by atoms with Crippen molar-refractivity contribution in [2.45, 2.75) is 104 Å². The van der Waals surface area contributed by atoms with E-state index < -0.39 is 79.2 Å². The van der Waals surface area contributed by atoms with Crippen LogP contribution in [0.5, 0.6) is 5.75 Å². The summed E-state index contributed by atoms with van der Waals surface area (Å²) in [5.41, 5.74) is 0.143. The molecule has 17 nitrogen and oxygen atoms in total. The number of amides is 6. The van der Waals surface area contributed by atoms with Crippen LogP contribution in [-0.4, -0.2) is 108 Å². The van der Waals surface area contributed by atoms with Gasteiger partial charge in [0.25, 0.3) is 0 Å². The second kappa shape index (κ2) is 17.9. The maximum Gasteiger partial charge on any atom is 0.482 e. The number of benzene rings is 2. The predicted octanol–water partition coefficient (Wildman–Crippen LogP) is 5.29. The largest absolute Gasteiger partial charge is 0.496 e. The van der Waals surface area contributed by atoms with Crippen molar-refractivity contribution >= 4 is 59.4 Å². The summed E-state index contributed by atoms with van der Waals surface area (Å²) >= 11 is 0.997. The molecule has 2 saturated heterocycles. The van der Waals surface area contributed by atoms with Crippen molar-refractivity contribution in [1.82, 2.24) is 25.4 Å². The van der Waals surface area contributed by atoms with Gasteiger partial charge in [-0.3, -0.25) is 24.6 Å². The first kappa shape index (κ1) is 45.5. The lowest BCUT2D eigenvalue weighted by Crippen LogP contribution is -2.65. The lowest BCUT2D eigenvalue weighted by Gasteiger charge is -2.64. The van der Waals surface area contributed by atoms with Crippen molar-refractivity contribution in [3.05, 3.63) is 76.3 Å². The molecule has 336 valence electrons. The number of nitrogens with one attached hydrogen (secondary N) is 3. The van der Waals surface area contributed by atoms with E-state index in [9.17, 15) is 28.8 Å². The Labute approximate surface area is 371 Å². The van der Waals surface area contributed by atoms with E-state index in [1.54, 1.807) is 45.9 Å². The molecule has 5 fully saturated rings. The zero-order valence-electron chi connectivity index (χ0n) is 36.9. The minimum Gasteiger partial charge on any atom is -0.496 e. The van der Waals surface area contributed by atoms with Gasteiger partial charge in [-0.2, -0.15) is 0 Å². The number of carbonyl (C=O) groups excluding carboxylic acids is 6. The second-order valence-electron chi connectivity index (χ2n) is 18.2. The highest BCUT2D eigenvalue weighted by Gasteiger charge is 2.68. The van der Waals surface area contributed by atoms with Crippen molar-refractivity contribution in [3.8, 4) is 5.75 Å². The van der Waals surface area contributed by atoms with Crippen molar-refractivity contribution in [1.29, 1.82) is 0 Å². The summed E-state index contributed by atoms with van der Waals surface area (Å²) in [6, 6.07) is 11.8. The summed E-state index contributed by atoms with van der Waals surface area (Å²) < 4.78 is 30.5. The van der Waals surface area contributed by atoms with E-state index in [1.807, 2.05) is 30.3 Å². The number of urea groups is 1. The number of hydrogen-bond donors (Lipinski definition) is 3. The standard InChI is InChI=1S/C44H55BN6O11S/c1-9-51-33(52)21-50(22-34(51)53)40(56)48-35(29-24-63-39(46-29)49-41(57)59-23-25-14-11-10-12-15-25)37(54)47-32(45-61-31-20-27-19-30(43(27,5)6)44(31,7)62-45)18-26-16-13-17-28(36(26)58-8)38(55)60-42(2,3)4/h10-17,24,27,30-32,35H,9,18-23H2,1-8H3,(H,47,54)(H,48,56)(H,46,49,57)/t27?,30?,31?,32?,35?,44-/m0/s1. The van der Waals surface area contributed by atoms with Gasteiger partial charge in [0.05, 0.1) is 30.4 Å². The molecule has 1 aromatic heterocycles. The quantitative estimate of drug-likeness (QED) is 0.114. The van der Waals surface area contributed by atoms with Gasteiger partial charge in [-0.1, -0.05) is 56.3 Å². The molecule has 6 atom stereocenters. The van der Waals surface area contributed by atoms with E-state index in [4.69, 9.17) is 23.5 Å². The van der Waals surface area contributed by atoms with E-state index in [-0.39, 0.29) is 59.1 Å². The number of hydrogen-bond acceptors (Lipinski definition) is 13. The van der Waals surface area contributed by atoms with Crippen LogP contribution in [0.15, 0.2) is 53.9 Å². The minimum absolute atomic E-state index is 0.00565. The first-order valence-corrected chi connectivity index (χ1v) is 22.0. The fraction of sp³-hybridized carbons (Fsp3) is 0.523. The number of likely N-dealkylation sites (N-methyl/N-ethyl adjacent to an activating group) is 1. The third-order valence-electron chi connectivity index (χ3n) is 12.6. The highest BCUT2D eigenvalue weighted by atomic mass is 32.1. The third kappa shape index (κ3) is 9.55. The molecule has 5 aliphatic rings. The SMILES string of the molecule is CCN1C(=O)CN(C(=O)NC(C(=O)NC(Cc2cccc(C(=O)OC(C)(C)C)c2OC)B2OC3CC4CC(C4(C)C)[C@]3(C)O2)c2csc(NC(=O)OCc3ccccc3)n2)CC1=O. The van der Waals surface area contributed by atoms with Crippen LogP contribution >= 0.6 is 11.3 Å². The highest BCUT2D eigenvalue weighted by molar-refractivity contribution is 7.13. The molecule has 3 aliphatic carbocycles. The Balaban J connectivity index is 1.19. The fourth-order valence-electron chi connectivity index (χ4n) is 9.27. The van der Waals surface area contributed by atoms with Crippen LogP contribution in [0.25, 0.3) is 0 Å². The number of ether oxygens (including phenoxy) is 3. The van der Waals surface area contributed by atoms with E-state index in [2.05, 4.69) is 41.7 Å². The van der Waals surface area contributed by atoms with Crippen LogP contribution in [0.4, 0.5) is 14.7 Å². The molecular formula is C44H55BN6O11S. The topological polar surface area (TPSA) is 204 Å². The van der Waals surface area contributed by atoms with Gasteiger partial charge in [-0.15, -0.1) is 11.3 Å². The summed E-state index contributed by atoms with van der Waals surface area (Å²) in [6.07, 6.45) is 0.777. The van der Waals surface area contributed by atoms with Crippen molar-refractivity contribution < 1.29 is 52.3 Å². The Bertz CT molecular complexity index is 2230. The molecule has 2 aromatic carbocycles. The van der Waals surface area contributed by atoms with Gasteiger partial charge in [0.1, 0.15) is 36.6 Å². The molecule has 0 radical (unpaired) electrons. The van der Waals surface area contributed by atoms with Crippen LogP contribution < -0.4 is 20.7 Å². The molecule has 63 heavy (non-hydrogen) atoms. The third-order valence-corrected chi connectivity index (χ3v) is 13.4. The monoisotopic (exact) mass is 886 g/mol. The van der Waals surface area contributed by atoms with Crippen LogP contribution in [0.3, 0.4) is 0 Å². The van der Waals surface area contributed by atoms with Crippen molar-refractivity contribution in [2.24, 2.45) is 17.3 Å². The number of esters is 1. The average Bonchev–Trinajstić information content (AvgIpc) is 3.84. The molecule has 0 spiro atoms. The number of imide groups is 1. The summed E-state index contributed by atoms with van der Waals surface area (Å²) in [4.78, 5) is 87.1. The van der Waals surface area contributed by atoms with Crippen LogP contribution in [0.2, 0.25) is 0 Å². The molecule has 2 aliphatic heterocycles. The molecule has 6 amide bonds. The predicted molar refractivity (Wildman–Crippen MR) is 232 cm³/mol. The van der Waals surface area contributed by atoms with Gasteiger partial charge in [-0.05, 0) is 88.3 Å². The molecule has 5 unspecified atom stereocenters. The van der Waals surface area contributed by atoms with Crippen molar-refractivity contribution in [2.75, 3.05) is 32.1 Å². The number of para-hydroxylation sites is 1. The number of carbonyl (C=O) groups is 6. The zero-order valence-corrected chi connectivity index (χ0v) is 37.7. The average molecular weight is 887 g/mol. The molecule has 8 rings (SSSR count). The lowest BCUT2D eigenvalue weighted by atomic mass is 9.43. The Morgan fingerprint density at radius 1 is 1.00 bits per heavy atom. The van der Waals surface area contributed by atoms with Gasteiger partial charge in [0.15, 0.2) is 11.2 Å². The van der Waals surface area contributed by atoms with Gasteiger partial charge >= 0.3 is 25.2 Å². The summed E-state index contributed by atoms with van der Waals surface area (Å²) in [7, 11) is 0.468. The van der Waals surface area contributed by atoms with Crippen LogP contribution in [0.1, 0.15) is 94.5 Å². The second-order valence-corrected chi connectivity index (χ2v) is 19.0. The molecule has 3 heterocycles. The van der Waals surface area contributed by atoms with E-state index >= 15 is 0 Å². The number of rotatable bonds is 13. The molecule has 3 aromatic rings. The maximum absolute atomic E-state index is 14.8. The van der Waals surface area contributed by atoms with Gasteiger partial charge in [0, 0.05) is 11.9 Å². The van der Waals surface area contributed by atoms with Gasteiger partial charge < -0.3 is 39.1 Å². The number of aromatic nitrogens is 1. The number of piperazine rings is 1. The number of thiazole rings is 1. The Morgan fingerprint density at radius 3 is 2.37 bits per heavy atom. The van der Waals surface area contributed by atoms with Crippen LogP contribution in [0, 0.1) is 17.3 Å². The maximum atomic E-state index is 14.8. The Morgan fingerprint density at radius 2 is 1.71 bits per heavy atom. The molecule has 2 bridgehead atoms.